The van der Waals surface area contributed by atoms with Crippen molar-refractivity contribution in [1.82, 2.24) is 0 Å². The molecule has 0 aliphatic carbocycles. The minimum absolute atomic E-state index is 0.635. The van der Waals surface area contributed by atoms with Gasteiger partial charge in [0.15, 0.2) is 11.5 Å². The molecule has 0 N–H and O–H groups in total. The van der Waals surface area contributed by atoms with E-state index in [1.54, 1.807) is 0 Å². The highest BCUT2D eigenvalue weighted by Crippen LogP contribution is 2.36. The second-order valence-electron chi connectivity index (χ2n) is 4.28. The molecule has 0 fully saturated rings. The Morgan fingerprint density at radius 1 is 1.24 bits per heavy atom. The third kappa shape index (κ3) is 2.80. The van der Waals surface area contributed by atoms with Gasteiger partial charge in [0.25, 0.3) is 0 Å². The first-order valence-electron chi connectivity index (χ1n) is 5.94. The predicted octanol–water partition coefficient (Wildman–Crippen LogP) is 2.52. The predicted molar refractivity (Wildman–Crippen MR) is 73.9 cm³/mol. The summed E-state index contributed by atoms with van der Waals surface area (Å²) in [5.74, 6) is 2.63. The van der Waals surface area contributed by atoms with E-state index in [1.165, 1.54) is 11.3 Å². The lowest BCUT2D eigenvalue weighted by molar-refractivity contribution is 0.171. The fourth-order valence-corrected chi connectivity index (χ4v) is 2.16. The van der Waals surface area contributed by atoms with Crippen molar-refractivity contribution in [2.75, 3.05) is 37.5 Å². The average Bonchev–Trinajstić information content (AvgIpc) is 2.35. The van der Waals surface area contributed by atoms with E-state index in [0.717, 1.165) is 30.2 Å². The van der Waals surface area contributed by atoms with E-state index < -0.39 is 0 Å². The molecule has 0 saturated carbocycles. The lowest BCUT2D eigenvalue weighted by atomic mass is 10.1. The number of nitrogens with zero attached hydrogens (tertiary/aromatic N) is 1. The summed E-state index contributed by atoms with van der Waals surface area (Å²) in [6, 6.07) is 4.13. The van der Waals surface area contributed by atoms with E-state index in [-0.39, 0.29) is 0 Å². The maximum atomic E-state index is 5.61. The molecule has 94 valence electrons. The lowest BCUT2D eigenvalue weighted by Gasteiger charge is -2.25. The molecule has 17 heavy (non-hydrogen) atoms. The second kappa shape index (κ2) is 5.54. The van der Waals surface area contributed by atoms with Crippen LogP contribution in [0.1, 0.15) is 12.0 Å². The van der Waals surface area contributed by atoms with Crippen LogP contribution in [0.3, 0.4) is 0 Å². The topological polar surface area (TPSA) is 21.7 Å². The Morgan fingerprint density at radius 3 is 2.53 bits per heavy atom. The van der Waals surface area contributed by atoms with Gasteiger partial charge in [0.05, 0.1) is 0 Å². The molecule has 0 bridgehead atoms. The molecule has 1 aromatic rings. The highest BCUT2D eigenvalue weighted by atomic mass is 32.1. The molecular formula is C13H19NO2S. The first-order chi connectivity index (χ1) is 8.22. The molecule has 3 nitrogen and oxygen atoms in total. The van der Waals surface area contributed by atoms with Gasteiger partial charge in [-0.1, -0.05) is 0 Å². The zero-order chi connectivity index (χ0) is 12.3. The number of thiol groups is 1. The van der Waals surface area contributed by atoms with Crippen LogP contribution in [0, 0.1) is 6.92 Å². The number of anilines is 1. The van der Waals surface area contributed by atoms with E-state index in [9.17, 15) is 0 Å². The summed E-state index contributed by atoms with van der Waals surface area (Å²) in [6.45, 7) is 4.38. The van der Waals surface area contributed by atoms with Crippen LogP contribution in [0.2, 0.25) is 0 Å². The van der Waals surface area contributed by atoms with Gasteiger partial charge < -0.3 is 14.4 Å². The van der Waals surface area contributed by atoms with Crippen LogP contribution in [-0.4, -0.2) is 32.6 Å². The largest absolute Gasteiger partial charge is 0.486 e. The van der Waals surface area contributed by atoms with E-state index in [0.29, 0.717) is 13.2 Å². The van der Waals surface area contributed by atoms with Crippen molar-refractivity contribution >= 4 is 18.3 Å². The molecule has 1 heterocycles. The van der Waals surface area contributed by atoms with Crippen LogP contribution < -0.4 is 14.4 Å². The lowest BCUT2D eigenvalue weighted by Crippen LogP contribution is -2.21. The van der Waals surface area contributed by atoms with Gasteiger partial charge in [-0.15, -0.1) is 0 Å². The molecule has 0 saturated heterocycles. The van der Waals surface area contributed by atoms with Crippen molar-refractivity contribution in [3.8, 4) is 11.5 Å². The Kier molecular flexibility index (Phi) is 4.05. The molecule has 1 aliphatic rings. The van der Waals surface area contributed by atoms with Crippen LogP contribution in [0.5, 0.6) is 11.5 Å². The van der Waals surface area contributed by atoms with Crippen molar-refractivity contribution in [1.29, 1.82) is 0 Å². The molecule has 1 aromatic carbocycles. The zero-order valence-electron chi connectivity index (χ0n) is 10.4. The number of hydrogen-bond acceptors (Lipinski definition) is 4. The molecule has 0 aromatic heterocycles. The van der Waals surface area contributed by atoms with Gasteiger partial charge in [0, 0.05) is 25.3 Å². The van der Waals surface area contributed by atoms with E-state index in [2.05, 4.69) is 43.6 Å². The van der Waals surface area contributed by atoms with Gasteiger partial charge >= 0.3 is 0 Å². The summed E-state index contributed by atoms with van der Waals surface area (Å²) in [5, 5.41) is 0. The van der Waals surface area contributed by atoms with Crippen molar-refractivity contribution < 1.29 is 9.47 Å². The Hall–Kier alpha value is -1.03. The zero-order valence-corrected chi connectivity index (χ0v) is 11.3. The first kappa shape index (κ1) is 12.4. The summed E-state index contributed by atoms with van der Waals surface area (Å²) < 4.78 is 11.2. The average molecular weight is 253 g/mol. The molecule has 4 heteroatoms. The molecule has 0 radical (unpaired) electrons. The van der Waals surface area contributed by atoms with Crippen molar-refractivity contribution in [3.63, 3.8) is 0 Å². The second-order valence-corrected chi connectivity index (χ2v) is 4.73. The molecule has 0 spiro atoms. The number of benzene rings is 1. The van der Waals surface area contributed by atoms with Crippen molar-refractivity contribution in [3.05, 3.63) is 17.7 Å². The van der Waals surface area contributed by atoms with Crippen molar-refractivity contribution in [2.45, 2.75) is 13.3 Å². The van der Waals surface area contributed by atoms with Crippen LogP contribution >= 0.6 is 12.6 Å². The monoisotopic (exact) mass is 253 g/mol. The van der Waals surface area contributed by atoms with E-state index >= 15 is 0 Å². The van der Waals surface area contributed by atoms with Crippen LogP contribution in [0.15, 0.2) is 12.1 Å². The van der Waals surface area contributed by atoms with Gasteiger partial charge in [-0.3, -0.25) is 0 Å². The summed E-state index contributed by atoms with van der Waals surface area (Å²) in [7, 11) is 2.10. The number of ether oxygens (including phenoxy) is 2. The van der Waals surface area contributed by atoms with Gasteiger partial charge in [-0.2, -0.15) is 12.6 Å². The molecule has 0 atom stereocenters. The normalized spacial score (nSPS) is 13.6. The van der Waals surface area contributed by atoms with E-state index in [4.69, 9.17) is 9.47 Å². The Morgan fingerprint density at radius 2 is 1.88 bits per heavy atom. The Bertz CT molecular complexity index is 395. The molecular weight excluding hydrogens is 234 g/mol. The minimum Gasteiger partial charge on any atom is -0.486 e. The van der Waals surface area contributed by atoms with Gasteiger partial charge in [-0.05, 0) is 30.7 Å². The SMILES string of the molecule is Cc1cc2c(cc1N(C)CCCS)OCCO2. The highest BCUT2D eigenvalue weighted by Gasteiger charge is 2.15. The highest BCUT2D eigenvalue weighted by molar-refractivity contribution is 7.80. The molecule has 1 aliphatic heterocycles. The number of rotatable bonds is 4. The molecule has 0 amide bonds. The summed E-state index contributed by atoms with van der Waals surface area (Å²) in [4.78, 5) is 2.24. The minimum atomic E-state index is 0.635. The maximum Gasteiger partial charge on any atom is 0.163 e. The van der Waals surface area contributed by atoms with Crippen LogP contribution in [-0.2, 0) is 0 Å². The third-order valence-electron chi connectivity index (χ3n) is 2.92. The number of hydrogen-bond donors (Lipinski definition) is 1. The number of aryl methyl sites for hydroxylation is 1. The maximum absolute atomic E-state index is 5.61. The standard InChI is InChI=1S/C13H19NO2S/c1-10-8-12-13(16-6-5-15-12)9-11(10)14(2)4-3-7-17/h8-9,17H,3-7H2,1-2H3. The van der Waals surface area contributed by atoms with Crippen LogP contribution in [0.25, 0.3) is 0 Å². The Balaban J connectivity index is 2.22. The quantitative estimate of drug-likeness (QED) is 0.833. The van der Waals surface area contributed by atoms with Gasteiger partial charge in [0.1, 0.15) is 13.2 Å². The smallest absolute Gasteiger partial charge is 0.163 e. The Labute approximate surface area is 108 Å². The van der Waals surface area contributed by atoms with E-state index in [1.807, 2.05) is 0 Å². The fourth-order valence-electron chi connectivity index (χ4n) is 2.02. The summed E-state index contributed by atoms with van der Waals surface area (Å²) in [5.41, 5.74) is 2.42. The first-order valence-corrected chi connectivity index (χ1v) is 6.58. The summed E-state index contributed by atoms with van der Waals surface area (Å²) in [6.07, 6.45) is 1.08. The molecule has 0 unspecified atom stereocenters. The third-order valence-corrected chi connectivity index (χ3v) is 3.24. The molecule has 2 rings (SSSR count). The van der Waals surface area contributed by atoms with Crippen LogP contribution in [0.4, 0.5) is 5.69 Å². The van der Waals surface area contributed by atoms with Crippen molar-refractivity contribution in [2.24, 2.45) is 0 Å². The summed E-state index contributed by atoms with van der Waals surface area (Å²) >= 11 is 4.24. The van der Waals surface area contributed by atoms with Gasteiger partial charge in [0.2, 0.25) is 0 Å². The number of fused-ring (bicyclic) bond motifs is 1. The van der Waals surface area contributed by atoms with Gasteiger partial charge in [-0.25, -0.2) is 0 Å². The fraction of sp³-hybridized carbons (Fsp3) is 0.538.